The Labute approximate surface area is 110 Å². The zero-order valence-electron chi connectivity index (χ0n) is 8.92. The predicted molar refractivity (Wildman–Crippen MR) is 66.3 cm³/mol. The highest BCUT2D eigenvalue weighted by Gasteiger charge is 2.10. The van der Waals surface area contributed by atoms with E-state index in [1.807, 2.05) is 6.07 Å². The molecule has 0 atom stereocenters. The molecule has 90 valence electrons. The van der Waals surface area contributed by atoms with E-state index in [4.69, 9.17) is 5.26 Å². The molecule has 0 unspecified atom stereocenters. The molecule has 2 aromatic rings. The fourth-order valence-electron chi connectivity index (χ4n) is 1.36. The van der Waals surface area contributed by atoms with Gasteiger partial charge in [0.2, 0.25) is 0 Å². The average molecular weight is 310 g/mol. The van der Waals surface area contributed by atoms with Crippen LogP contribution in [0.1, 0.15) is 5.56 Å². The van der Waals surface area contributed by atoms with Gasteiger partial charge < -0.3 is 5.32 Å². The van der Waals surface area contributed by atoms with Crippen LogP contribution in [0.2, 0.25) is 0 Å². The second-order valence-electron chi connectivity index (χ2n) is 3.40. The number of benzene rings is 1. The molecule has 0 radical (unpaired) electrons. The number of hydrogen-bond donors (Lipinski definition) is 1. The summed E-state index contributed by atoms with van der Waals surface area (Å²) in [6, 6.07) is 5.47. The largest absolute Gasteiger partial charge is 0.351 e. The minimum Gasteiger partial charge on any atom is -0.351 e. The van der Waals surface area contributed by atoms with E-state index >= 15 is 0 Å². The maximum absolute atomic E-state index is 13.5. The number of nitrogens with zero attached hydrogens (tertiary/aromatic N) is 2. The van der Waals surface area contributed by atoms with Crippen molar-refractivity contribution < 1.29 is 8.78 Å². The number of hydrogen-bond acceptors (Lipinski definition) is 3. The van der Waals surface area contributed by atoms with Gasteiger partial charge in [0, 0.05) is 12.3 Å². The van der Waals surface area contributed by atoms with Gasteiger partial charge in [-0.3, -0.25) is 4.98 Å². The maximum Gasteiger partial charge on any atom is 0.149 e. The second kappa shape index (κ2) is 5.10. The van der Waals surface area contributed by atoms with Gasteiger partial charge in [0.15, 0.2) is 0 Å². The van der Waals surface area contributed by atoms with Crippen molar-refractivity contribution in [2.75, 3.05) is 5.32 Å². The SMILES string of the molecule is N#Cc1ccncc1Nc1cc(Br)c(F)cc1F. The first kappa shape index (κ1) is 12.5. The van der Waals surface area contributed by atoms with Gasteiger partial charge in [-0.25, -0.2) is 8.78 Å². The Morgan fingerprint density at radius 1 is 1.22 bits per heavy atom. The summed E-state index contributed by atoms with van der Waals surface area (Å²) in [4.78, 5) is 3.84. The molecular weight excluding hydrogens is 304 g/mol. The first-order chi connectivity index (χ1) is 8.61. The number of anilines is 2. The third kappa shape index (κ3) is 2.46. The lowest BCUT2D eigenvalue weighted by atomic mass is 10.2. The molecule has 6 heteroatoms. The van der Waals surface area contributed by atoms with Crippen molar-refractivity contribution in [3.05, 3.63) is 52.3 Å². The molecule has 0 aliphatic heterocycles. The Hall–Kier alpha value is -2.00. The molecule has 3 nitrogen and oxygen atoms in total. The van der Waals surface area contributed by atoms with Gasteiger partial charge in [0.25, 0.3) is 0 Å². The standard InChI is InChI=1S/C12H6BrF2N3/c13-8-3-11(10(15)4-9(8)14)18-12-6-17-2-1-7(12)5-16/h1-4,6,18H. The molecule has 1 aromatic heterocycles. The van der Waals surface area contributed by atoms with E-state index in [-0.39, 0.29) is 10.2 Å². The number of nitriles is 1. The first-order valence-electron chi connectivity index (χ1n) is 4.87. The van der Waals surface area contributed by atoms with Gasteiger partial charge >= 0.3 is 0 Å². The number of pyridine rings is 1. The van der Waals surface area contributed by atoms with Crippen LogP contribution >= 0.6 is 15.9 Å². The van der Waals surface area contributed by atoms with Crippen molar-refractivity contribution in [1.29, 1.82) is 5.26 Å². The van der Waals surface area contributed by atoms with Gasteiger partial charge in [-0.2, -0.15) is 5.26 Å². The Bertz CT molecular complexity index is 638. The Morgan fingerprint density at radius 3 is 2.72 bits per heavy atom. The Morgan fingerprint density at radius 2 is 2.00 bits per heavy atom. The van der Waals surface area contributed by atoms with Crippen LogP contribution in [0.25, 0.3) is 0 Å². The fraction of sp³-hybridized carbons (Fsp3) is 0. The lowest BCUT2D eigenvalue weighted by molar-refractivity contribution is 0.581. The molecule has 0 spiro atoms. The highest BCUT2D eigenvalue weighted by atomic mass is 79.9. The molecule has 1 N–H and O–H groups in total. The average Bonchev–Trinajstić information content (AvgIpc) is 2.36. The van der Waals surface area contributed by atoms with Crippen molar-refractivity contribution in [2.24, 2.45) is 0 Å². The molecule has 1 heterocycles. The molecule has 0 aliphatic rings. The van der Waals surface area contributed by atoms with Gasteiger partial charge in [-0.05, 0) is 28.1 Å². The van der Waals surface area contributed by atoms with Crippen LogP contribution in [-0.2, 0) is 0 Å². The van der Waals surface area contributed by atoms with Crippen molar-refractivity contribution in [3.8, 4) is 6.07 Å². The topological polar surface area (TPSA) is 48.7 Å². The lowest BCUT2D eigenvalue weighted by Gasteiger charge is -2.09. The highest BCUT2D eigenvalue weighted by Crippen LogP contribution is 2.27. The monoisotopic (exact) mass is 309 g/mol. The zero-order valence-corrected chi connectivity index (χ0v) is 10.5. The first-order valence-corrected chi connectivity index (χ1v) is 5.67. The van der Waals surface area contributed by atoms with E-state index in [2.05, 4.69) is 26.2 Å². The van der Waals surface area contributed by atoms with E-state index < -0.39 is 11.6 Å². The van der Waals surface area contributed by atoms with Gasteiger partial charge in [0.05, 0.1) is 27.6 Å². The van der Waals surface area contributed by atoms with Gasteiger partial charge in [-0.1, -0.05) is 0 Å². The van der Waals surface area contributed by atoms with Crippen LogP contribution in [-0.4, -0.2) is 4.98 Å². The minimum absolute atomic E-state index is 0.0628. The molecule has 18 heavy (non-hydrogen) atoms. The summed E-state index contributed by atoms with van der Waals surface area (Å²) in [5, 5.41) is 11.6. The molecule has 2 rings (SSSR count). The molecule has 1 aromatic carbocycles. The van der Waals surface area contributed by atoms with E-state index in [1.54, 1.807) is 0 Å². The zero-order chi connectivity index (χ0) is 13.1. The molecular formula is C12H6BrF2N3. The van der Waals surface area contributed by atoms with Crippen LogP contribution in [0.4, 0.5) is 20.2 Å². The Balaban J connectivity index is 2.41. The minimum atomic E-state index is -0.747. The van der Waals surface area contributed by atoms with E-state index in [0.717, 1.165) is 6.07 Å². The molecule has 0 aliphatic carbocycles. The summed E-state index contributed by atoms with van der Waals surface area (Å²) in [7, 11) is 0. The van der Waals surface area contributed by atoms with Crippen molar-refractivity contribution >= 4 is 27.3 Å². The Kier molecular flexibility index (Phi) is 3.53. The fourth-order valence-corrected chi connectivity index (χ4v) is 1.70. The molecule has 0 saturated carbocycles. The van der Waals surface area contributed by atoms with E-state index in [1.165, 1.54) is 24.5 Å². The lowest BCUT2D eigenvalue weighted by Crippen LogP contribution is -1.98. The third-order valence-corrected chi connectivity index (χ3v) is 2.83. The van der Waals surface area contributed by atoms with Gasteiger partial charge in [0.1, 0.15) is 17.7 Å². The molecule has 0 saturated heterocycles. The maximum atomic E-state index is 13.5. The van der Waals surface area contributed by atoms with Crippen molar-refractivity contribution in [1.82, 2.24) is 4.98 Å². The molecule has 0 bridgehead atoms. The van der Waals surface area contributed by atoms with Crippen molar-refractivity contribution in [2.45, 2.75) is 0 Å². The summed E-state index contributed by atoms with van der Waals surface area (Å²) in [6.07, 6.45) is 2.86. The summed E-state index contributed by atoms with van der Waals surface area (Å²) in [5.74, 6) is -1.44. The number of rotatable bonds is 2. The number of aromatic nitrogens is 1. The van der Waals surface area contributed by atoms with Gasteiger partial charge in [-0.15, -0.1) is 0 Å². The van der Waals surface area contributed by atoms with Crippen molar-refractivity contribution in [3.63, 3.8) is 0 Å². The van der Waals surface area contributed by atoms with E-state index in [0.29, 0.717) is 11.3 Å². The summed E-state index contributed by atoms with van der Waals surface area (Å²) in [5.41, 5.74) is 0.745. The normalized spacial score (nSPS) is 9.89. The van der Waals surface area contributed by atoms with Crippen LogP contribution < -0.4 is 5.32 Å². The second-order valence-corrected chi connectivity index (χ2v) is 4.26. The highest BCUT2D eigenvalue weighted by molar-refractivity contribution is 9.10. The molecule has 0 fully saturated rings. The summed E-state index contributed by atoms with van der Waals surface area (Å²) < 4.78 is 26.7. The van der Waals surface area contributed by atoms with Crippen LogP contribution in [0, 0.1) is 23.0 Å². The smallest absolute Gasteiger partial charge is 0.149 e. The predicted octanol–water partition coefficient (Wildman–Crippen LogP) is 3.74. The van der Waals surface area contributed by atoms with Crippen LogP contribution in [0.15, 0.2) is 35.1 Å². The third-order valence-electron chi connectivity index (χ3n) is 2.22. The van der Waals surface area contributed by atoms with E-state index in [9.17, 15) is 8.78 Å². The number of nitrogens with one attached hydrogen (secondary N) is 1. The van der Waals surface area contributed by atoms with Crippen LogP contribution in [0.5, 0.6) is 0 Å². The number of halogens is 3. The molecule has 0 amide bonds. The summed E-state index contributed by atoms with van der Waals surface area (Å²) in [6.45, 7) is 0. The summed E-state index contributed by atoms with van der Waals surface area (Å²) >= 11 is 2.97. The van der Waals surface area contributed by atoms with Crippen LogP contribution in [0.3, 0.4) is 0 Å². The quantitative estimate of drug-likeness (QED) is 0.860.